The van der Waals surface area contributed by atoms with E-state index in [9.17, 15) is 17.6 Å². The summed E-state index contributed by atoms with van der Waals surface area (Å²) >= 11 is 0. The third-order valence-corrected chi connectivity index (χ3v) is 2.03. The molecular formula is C10H11F4NO2. The van der Waals surface area contributed by atoms with Gasteiger partial charge in [0.25, 0.3) is 0 Å². The van der Waals surface area contributed by atoms with Gasteiger partial charge in [0, 0.05) is 12.6 Å². The molecule has 1 aromatic carbocycles. The smallest absolute Gasteiger partial charge is 0.416 e. The Labute approximate surface area is 95.0 Å². The molecule has 0 radical (unpaired) electrons. The van der Waals surface area contributed by atoms with E-state index in [4.69, 9.17) is 9.84 Å². The van der Waals surface area contributed by atoms with E-state index in [0.717, 1.165) is 12.1 Å². The van der Waals surface area contributed by atoms with Crippen molar-refractivity contribution >= 4 is 5.69 Å². The van der Waals surface area contributed by atoms with Crippen LogP contribution in [0.3, 0.4) is 0 Å². The van der Waals surface area contributed by atoms with E-state index in [0.29, 0.717) is 0 Å². The maximum Gasteiger partial charge on any atom is 0.416 e. The van der Waals surface area contributed by atoms with Crippen LogP contribution in [0.2, 0.25) is 0 Å². The van der Waals surface area contributed by atoms with Gasteiger partial charge in [0.15, 0.2) is 6.10 Å². The fourth-order valence-electron chi connectivity index (χ4n) is 1.13. The monoisotopic (exact) mass is 253 g/mol. The van der Waals surface area contributed by atoms with Crippen LogP contribution in [0.15, 0.2) is 18.2 Å². The van der Waals surface area contributed by atoms with Crippen LogP contribution in [0.4, 0.5) is 23.2 Å². The van der Waals surface area contributed by atoms with Crippen LogP contribution in [0.1, 0.15) is 0 Å². The molecule has 0 saturated carbocycles. The molecule has 1 unspecified atom stereocenters. The van der Waals surface area contributed by atoms with Crippen molar-refractivity contribution in [1.82, 2.24) is 0 Å². The topological polar surface area (TPSA) is 41.5 Å². The first kappa shape index (κ1) is 13.6. The second kappa shape index (κ2) is 5.22. The number of benzene rings is 1. The number of aliphatic hydroxyl groups excluding tert-OH is 1. The zero-order valence-corrected chi connectivity index (χ0v) is 8.88. The quantitative estimate of drug-likeness (QED) is 0.808. The Hall–Kier alpha value is -1.50. The first-order chi connectivity index (χ1) is 7.84. The lowest BCUT2D eigenvalue weighted by Crippen LogP contribution is -2.35. The van der Waals surface area contributed by atoms with Crippen molar-refractivity contribution in [3.63, 3.8) is 0 Å². The molecule has 7 heteroatoms. The molecule has 0 heterocycles. The highest BCUT2D eigenvalue weighted by Gasteiger charge is 2.37. The highest BCUT2D eigenvalue weighted by atomic mass is 19.4. The predicted molar refractivity (Wildman–Crippen MR) is 53.5 cm³/mol. The van der Waals surface area contributed by atoms with Crippen LogP contribution in [0, 0.1) is 5.82 Å². The summed E-state index contributed by atoms with van der Waals surface area (Å²) in [5.74, 6) is -0.497. The van der Waals surface area contributed by atoms with Crippen LogP contribution in [0.25, 0.3) is 0 Å². The van der Waals surface area contributed by atoms with E-state index >= 15 is 0 Å². The summed E-state index contributed by atoms with van der Waals surface area (Å²) in [7, 11) is 1.26. The Kier molecular flexibility index (Phi) is 4.17. The van der Waals surface area contributed by atoms with Gasteiger partial charge in [0.05, 0.1) is 12.8 Å². The average molecular weight is 253 g/mol. The molecule has 17 heavy (non-hydrogen) atoms. The SMILES string of the molecule is COc1cc(F)ccc1NCC(O)C(F)(F)F. The normalized spacial score (nSPS) is 13.3. The molecule has 0 aliphatic heterocycles. The first-order valence-electron chi connectivity index (χ1n) is 4.67. The van der Waals surface area contributed by atoms with E-state index in [1.807, 2.05) is 0 Å². The number of rotatable bonds is 4. The molecule has 2 N–H and O–H groups in total. The first-order valence-corrected chi connectivity index (χ1v) is 4.67. The van der Waals surface area contributed by atoms with Crippen LogP contribution in [0.5, 0.6) is 5.75 Å². The zero-order valence-electron chi connectivity index (χ0n) is 8.88. The third kappa shape index (κ3) is 3.77. The van der Waals surface area contributed by atoms with Gasteiger partial charge in [-0.3, -0.25) is 0 Å². The highest BCUT2D eigenvalue weighted by molar-refractivity contribution is 5.56. The maximum atomic E-state index is 12.8. The zero-order chi connectivity index (χ0) is 13.1. The number of halogens is 4. The lowest BCUT2D eigenvalue weighted by Gasteiger charge is -2.17. The summed E-state index contributed by atoms with van der Waals surface area (Å²) in [6.45, 7) is -0.731. The second-order valence-corrected chi connectivity index (χ2v) is 3.28. The van der Waals surface area contributed by atoms with Crippen LogP contribution >= 0.6 is 0 Å². The molecule has 0 amide bonds. The van der Waals surface area contributed by atoms with Crippen molar-refractivity contribution in [2.45, 2.75) is 12.3 Å². The molecule has 1 aromatic rings. The molecule has 1 atom stereocenters. The van der Waals surface area contributed by atoms with Gasteiger partial charge >= 0.3 is 6.18 Å². The molecule has 0 aliphatic rings. The second-order valence-electron chi connectivity index (χ2n) is 3.28. The van der Waals surface area contributed by atoms with Crippen molar-refractivity contribution in [2.75, 3.05) is 19.0 Å². The van der Waals surface area contributed by atoms with E-state index in [1.165, 1.54) is 13.2 Å². The number of alkyl halides is 3. The van der Waals surface area contributed by atoms with Crippen LogP contribution < -0.4 is 10.1 Å². The number of hydrogen-bond acceptors (Lipinski definition) is 3. The fraction of sp³-hybridized carbons (Fsp3) is 0.400. The van der Waals surface area contributed by atoms with Gasteiger partial charge in [-0.05, 0) is 12.1 Å². The predicted octanol–water partition coefficient (Wildman–Crippen LogP) is 2.17. The number of nitrogens with one attached hydrogen (secondary N) is 1. The Balaban J connectivity index is 2.69. The van der Waals surface area contributed by atoms with Gasteiger partial charge < -0.3 is 15.2 Å². The fourth-order valence-corrected chi connectivity index (χ4v) is 1.13. The standard InChI is InChI=1S/C10H11F4NO2/c1-17-8-4-6(11)2-3-7(8)15-5-9(16)10(12,13)14/h2-4,9,15-16H,5H2,1H3. The Morgan fingerprint density at radius 3 is 2.59 bits per heavy atom. The lowest BCUT2D eigenvalue weighted by molar-refractivity contribution is -0.198. The van der Waals surface area contributed by atoms with E-state index in [-0.39, 0.29) is 11.4 Å². The van der Waals surface area contributed by atoms with Gasteiger partial charge in [-0.15, -0.1) is 0 Å². The number of anilines is 1. The molecule has 0 aromatic heterocycles. The summed E-state index contributed by atoms with van der Waals surface area (Å²) in [6.07, 6.45) is -7.18. The van der Waals surface area contributed by atoms with E-state index in [2.05, 4.69) is 5.32 Å². The Morgan fingerprint density at radius 1 is 1.41 bits per heavy atom. The summed E-state index contributed by atoms with van der Waals surface area (Å²) in [5, 5.41) is 11.1. The number of ether oxygens (including phenoxy) is 1. The Morgan fingerprint density at radius 2 is 2.06 bits per heavy atom. The van der Waals surface area contributed by atoms with Crippen molar-refractivity contribution in [3.8, 4) is 5.75 Å². The van der Waals surface area contributed by atoms with Crippen molar-refractivity contribution in [2.24, 2.45) is 0 Å². The molecular weight excluding hydrogens is 242 g/mol. The van der Waals surface area contributed by atoms with E-state index in [1.54, 1.807) is 0 Å². The molecule has 0 fully saturated rings. The molecule has 3 nitrogen and oxygen atoms in total. The average Bonchev–Trinajstić information content (AvgIpc) is 2.25. The lowest BCUT2D eigenvalue weighted by atomic mass is 10.2. The molecule has 1 rings (SSSR count). The summed E-state index contributed by atoms with van der Waals surface area (Å²) in [6, 6.07) is 3.34. The van der Waals surface area contributed by atoms with Gasteiger partial charge in [0.2, 0.25) is 0 Å². The van der Waals surface area contributed by atoms with Gasteiger partial charge in [-0.2, -0.15) is 13.2 Å². The third-order valence-electron chi connectivity index (χ3n) is 2.03. The van der Waals surface area contributed by atoms with Gasteiger partial charge in [0.1, 0.15) is 11.6 Å². The molecule has 0 saturated heterocycles. The molecule has 0 spiro atoms. The minimum atomic E-state index is -4.69. The molecule has 0 aliphatic carbocycles. The number of aliphatic hydroxyl groups is 1. The summed E-state index contributed by atoms with van der Waals surface area (Å²) < 4.78 is 53.6. The summed E-state index contributed by atoms with van der Waals surface area (Å²) in [4.78, 5) is 0. The minimum absolute atomic E-state index is 0.0689. The van der Waals surface area contributed by atoms with Crippen molar-refractivity contribution in [1.29, 1.82) is 0 Å². The van der Waals surface area contributed by atoms with Crippen LogP contribution in [-0.4, -0.2) is 31.0 Å². The summed E-state index contributed by atoms with van der Waals surface area (Å²) in [5.41, 5.74) is 0.178. The van der Waals surface area contributed by atoms with Gasteiger partial charge in [-0.1, -0.05) is 0 Å². The number of hydrogen-bond donors (Lipinski definition) is 2. The van der Waals surface area contributed by atoms with Gasteiger partial charge in [-0.25, -0.2) is 4.39 Å². The molecule has 96 valence electrons. The van der Waals surface area contributed by atoms with Crippen molar-refractivity contribution in [3.05, 3.63) is 24.0 Å². The number of methoxy groups -OCH3 is 1. The largest absolute Gasteiger partial charge is 0.494 e. The maximum absolute atomic E-state index is 12.8. The molecule has 0 bridgehead atoms. The van der Waals surface area contributed by atoms with Crippen LogP contribution in [-0.2, 0) is 0 Å². The minimum Gasteiger partial charge on any atom is -0.494 e. The Bertz CT molecular complexity index is 381. The highest BCUT2D eigenvalue weighted by Crippen LogP contribution is 2.26. The van der Waals surface area contributed by atoms with E-state index < -0.39 is 24.6 Å². The van der Waals surface area contributed by atoms with Crippen molar-refractivity contribution < 1.29 is 27.4 Å².